The van der Waals surface area contributed by atoms with Crippen molar-refractivity contribution in [3.8, 4) is 5.75 Å². The highest BCUT2D eigenvalue weighted by molar-refractivity contribution is 5.61. The van der Waals surface area contributed by atoms with Crippen LogP contribution in [0.1, 0.15) is 39.5 Å². The quantitative estimate of drug-likeness (QED) is 0.601. The Labute approximate surface area is 115 Å². The standard InChI is InChI=1S/C16H24N2O/c1-12(2)19-16-11-14(7-8-15(16)17)18-10-9-13-5-3-4-6-13/h5,7-8,11-12,18H,3-4,6,9-10,17H2,1-2H3. The van der Waals surface area contributed by atoms with E-state index in [1.54, 1.807) is 5.57 Å². The lowest BCUT2D eigenvalue weighted by atomic mass is 10.1. The molecule has 3 heteroatoms. The molecule has 0 saturated heterocycles. The van der Waals surface area contributed by atoms with Crippen molar-refractivity contribution in [1.29, 1.82) is 0 Å². The van der Waals surface area contributed by atoms with E-state index in [1.807, 2.05) is 32.0 Å². The Morgan fingerprint density at radius 3 is 2.89 bits per heavy atom. The second kappa shape index (κ2) is 6.50. The molecule has 0 heterocycles. The van der Waals surface area contributed by atoms with Crippen molar-refractivity contribution in [2.45, 2.75) is 45.6 Å². The molecular weight excluding hydrogens is 236 g/mol. The fraction of sp³-hybridized carbons (Fsp3) is 0.500. The van der Waals surface area contributed by atoms with Gasteiger partial charge in [0.05, 0.1) is 11.8 Å². The topological polar surface area (TPSA) is 47.3 Å². The third-order valence-corrected chi connectivity index (χ3v) is 3.29. The fourth-order valence-corrected chi connectivity index (χ4v) is 2.33. The third-order valence-electron chi connectivity index (χ3n) is 3.29. The molecule has 0 aromatic heterocycles. The summed E-state index contributed by atoms with van der Waals surface area (Å²) < 4.78 is 5.69. The van der Waals surface area contributed by atoms with E-state index in [4.69, 9.17) is 10.5 Å². The molecule has 1 aliphatic carbocycles. The zero-order chi connectivity index (χ0) is 13.7. The first-order valence-electron chi connectivity index (χ1n) is 7.13. The van der Waals surface area contributed by atoms with Gasteiger partial charge in [0.15, 0.2) is 0 Å². The Balaban J connectivity index is 1.89. The van der Waals surface area contributed by atoms with Crippen LogP contribution in [0.15, 0.2) is 29.8 Å². The van der Waals surface area contributed by atoms with E-state index < -0.39 is 0 Å². The Hall–Kier alpha value is -1.64. The van der Waals surface area contributed by atoms with Gasteiger partial charge in [-0.1, -0.05) is 11.6 Å². The van der Waals surface area contributed by atoms with Crippen molar-refractivity contribution in [1.82, 2.24) is 0 Å². The van der Waals surface area contributed by atoms with Gasteiger partial charge in [-0.3, -0.25) is 0 Å². The Kier molecular flexibility index (Phi) is 4.72. The zero-order valence-electron chi connectivity index (χ0n) is 11.9. The molecule has 0 atom stereocenters. The highest BCUT2D eigenvalue weighted by atomic mass is 16.5. The summed E-state index contributed by atoms with van der Waals surface area (Å²) in [6.07, 6.45) is 7.49. The van der Waals surface area contributed by atoms with Crippen molar-refractivity contribution in [3.63, 3.8) is 0 Å². The van der Waals surface area contributed by atoms with Gasteiger partial charge in [-0.2, -0.15) is 0 Å². The molecule has 0 radical (unpaired) electrons. The van der Waals surface area contributed by atoms with E-state index in [2.05, 4.69) is 11.4 Å². The number of nitrogen functional groups attached to an aromatic ring is 1. The van der Waals surface area contributed by atoms with Gasteiger partial charge in [-0.05, 0) is 51.7 Å². The summed E-state index contributed by atoms with van der Waals surface area (Å²) in [5.41, 5.74) is 9.25. The summed E-state index contributed by atoms with van der Waals surface area (Å²) >= 11 is 0. The van der Waals surface area contributed by atoms with Gasteiger partial charge in [-0.15, -0.1) is 0 Å². The number of nitrogens with one attached hydrogen (secondary N) is 1. The molecule has 3 N–H and O–H groups in total. The van der Waals surface area contributed by atoms with Gasteiger partial charge in [0.2, 0.25) is 0 Å². The number of allylic oxidation sites excluding steroid dienone is 1. The first kappa shape index (κ1) is 13.8. The van der Waals surface area contributed by atoms with Crippen LogP contribution < -0.4 is 15.8 Å². The molecule has 1 aromatic rings. The monoisotopic (exact) mass is 260 g/mol. The molecule has 1 aliphatic rings. The highest BCUT2D eigenvalue weighted by Gasteiger charge is 2.06. The van der Waals surface area contributed by atoms with Crippen molar-refractivity contribution >= 4 is 11.4 Å². The van der Waals surface area contributed by atoms with Gasteiger partial charge in [0, 0.05) is 18.3 Å². The maximum Gasteiger partial charge on any atom is 0.144 e. The van der Waals surface area contributed by atoms with Gasteiger partial charge >= 0.3 is 0 Å². The lowest BCUT2D eigenvalue weighted by Gasteiger charge is -2.14. The number of ether oxygens (including phenoxy) is 1. The van der Waals surface area contributed by atoms with Crippen LogP contribution in [-0.2, 0) is 0 Å². The zero-order valence-corrected chi connectivity index (χ0v) is 11.9. The Morgan fingerprint density at radius 2 is 2.21 bits per heavy atom. The smallest absolute Gasteiger partial charge is 0.144 e. The number of rotatable bonds is 6. The fourth-order valence-electron chi connectivity index (χ4n) is 2.33. The van der Waals surface area contributed by atoms with Crippen LogP contribution in [0.3, 0.4) is 0 Å². The molecular formula is C16H24N2O. The predicted molar refractivity (Wildman–Crippen MR) is 81.7 cm³/mol. The number of benzene rings is 1. The average Bonchev–Trinajstić information content (AvgIpc) is 2.86. The first-order chi connectivity index (χ1) is 9.15. The van der Waals surface area contributed by atoms with Crippen LogP contribution in [0.4, 0.5) is 11.4 Å². The highest BCUT2D eigenvalue weighted by Crippen LogP contribution is 2.27. The van der Waals surface area contributed by atoms with Crippen LogP contribution in [0.25, 0.3) is 0 Å². The minimum absolute atomic E-state index is 0.140. The van der Waals surface area contributed by atoms with Gasteiger partial charge in [0.1, 0.15) is 5.75 Å². The largest absolute Gasteiger partial charge is 0.489 e. The number of hydrogen-bond donors (Lipinski definition) is 2. The number of anilines is 2. The lowest BCUT2D eigenvalue weighted by Crippen LogP contribution is -2.08. The number of hydrogen-bond acceptors (Lipinski definition) is 3. The molecule has 0 spiro atoms. The summed E-state index contributed by atoms with van der Waals surface area (Å²) in [5, 5.41) is 3.44. The van der Waals surface area contributed by atoms with Crippen molar-refractivity contribution in [2.75, 3.05) is 17.6 Å². The summed E-state index contributed by atoms with van der Waals surface area (Å²) in [6.45, 7) is 4.98. The third kappa shape index (κ3) is 4.19. The SMILES string of the molecule is CC(C)Oc1cc(NCCC2=CCCC2)ccc1N. The molecule has 0 amide bonds. The van der Waals surface area contributed by atoms with E-state index in [9.17, 15) is 0 Å². The van der Waals surface area contributed by atoms with Crippen LogP contribution in [0, 0.1) is 0 Å². The predicted octanol–water partition coefficient (Wildman–Crippen LogP) is 3.97. The molecule has 104 valence electrons. The Bertz CT molecular complexity index is 452. The lowest BCUT2D eigenvalue weighted by molar-refractivity contribution is 0.244. The number of nitrogens with two attached hydrogens (primary N) is 1. The summed E-state index contributed by atoms with van der Waals surface area (Å²) in [6, 6.07) is 5.89. The maximum absolute atomic E-state index is 5.90. The van der Waals surface area contributed by atoms with Crippen molar-refractivity contribution < 1.29 is 4.74 Å². The first-order valence-corrected chi connectivity index (χ1v) is 7.13. The minimum Gasteiger partial charge on any atom is -0.489 e. The average molecular weight is 260 g/mol. The molecule has 1 aromatic carbocycles. The normalized spacial score (nSPS) is 14.6. The van der Waals surface area contributed by atoms with E-state index in [1.165, 1.54) is 19.3 Å². The van der Waals surface area contributed by atoms with Crippen molar-refractivity contribution in [2.24, 2.45) is 0 Å². The van der Waals surface area contributed by atoms with Crippen LogP contribution in [0.2, 0.25) is 0 Å². The molecule has 0 aliphatic heterocycles. The molecule has 2 rings (SSSR count). The maximum atomic E-state index is 5.90. The van der Waals surface area contributed by atoms with E-state index >= 15 is 0 Å². The van der Waals surface area contributed by atoms with E-state index in [0.717, 1.165) is 24.4 Å². The van der Waals surface area contributed by atoms with Crippen LogP contribution >= 0.6 is 0 Å². The molecule has 0 unspecified atom stereocenters. The van der Waals surface area contributed by atoms with Crippen LogP contribution in [0.5, 0.6) is 5.75 Å². The van der Waals surface area contributed by atoms with E-state index in [0.29, 0.717) is 5.69 Å². The summed E-state index contributed by atoms with van der Waals surface area (Å²) in [4.78, 5) is 0. The second-order valence-electron chi connectivity index (χ2n) is 5.35. The molecule has 0 fully saturated rings. The molecule has 0 bridgehead atoms. The Morgan fingerprint density at radius 1 is 1.37 bits per heavy atom. The minimum atomic E-state index is 0.140. The van der Waals surface area contributed by atoms with Crippen LogP contribution in [-0.4, -0.2) is 12.6 Å². The molecule has 19 heavy (non-hydrogen) atoms. The van der Waals surface area contributed by atoms with Crippen molar-refractivity contribution in [3.05, 3.63) is 29.8 Å². The van der Waals surface area contributed by atoms with Gasteiger partial charge in [0.25, 0.3) is 0 Å². The molecule has 0 saturated carbocycles. The van der Waals surface area contributed by atoms with Gasteiger partial charge in [-0.25, -0.2) is 0 Å². The van der Waals surface area contributed by atoms with E-state index in [-0.39, 0.29) is 6.10 Å². The van der Waals surface area contributed by atoms with Gasteiger partial charge < -0.3 is 15.8 Å². The summed E-state index contributed by atoms with van der Waals surface area (Å²) in [7, 11) is 0. The second-order valence-corrected chi connectivity index (χ2v) is 5.35. The summed E-state index contributed by atoms with van der Waals surface area (Å²) in [5.74, 6) is 0.764. The molecule has 3 nitrogen and oxygen atoms in total.